The van der Waals surface area contributed by atoms with Crippen molar-refractivity contribution in [3.63, 3.8) is 0 Å². The van der Waals surface area contributed by atoms with Crippen LogP contribution >= 0.6 is 0 Å². The third-order valence-electron chi connectivity index (χ3n) is 3.43. The molecule has 5 nitrogen and oxygen atoms in total. The number of benzene rings is 2. The van der Waals surface area contributed by atoms with Crippen LogP contribution in [0.1, 0.15) is 23.6 Å². The average molecular weight is 311 g/mol. The van der Waals surface area contributed by atoms with E-state index in [9.17, 15) is 9.90 Å². The zero-order valence-corrected chi connectivity index (χ0v) is 13.6. The maximum absolute atomic E-state index is 11.9. The average Bonchev–Trinajstić information content (AvgIpc) is 2.51. The Morgan fingerprint density at radius 1 is 1.17 bits per heavy atom. The molecule has 5 heteroatoms. The van der Waals surface area contributed by atoms with E-state index >= 15 is 0 Å². The number of aromatic hydroxyl groups is 1. The molecule has 2 aromatic rings. The molecule has 0 saturated carbocycles. The normalized spacial score (nSPS) is 11.2. The van der Waals surface area contributed by atoms with Gasteiger partial charge < -0.3 is 10.4 Å². The molecule has 0 heterocycles. The van der Waals surface area contributed by atoms with E-state index in [-0.39, 0.29) is 18.2 Å². The van der Waals surface area contributed by atoms with E-state index in [0.717, 1.165) is 16.8 Å². The summed E-state index contributed by atoms with van der Waals surface area (Å²) >= 11 is 0. The Bertz CT molecular complexity index is 739. The second-order valence-electron chi connectivity index (χ2n) is 5.45. The number of anilines is 1. The van der Waals surface area contributed by atoms with Gasteiger partial charge in [-0.15, -0.1) is 0 Å². The first-order valence-electron chi connectivity index (χ1n) is 7.39. The molecule has 0 aromatic heterocycles. The molecule has 0 spiro atoms. The Balaban J connectivity index is 1.90. The number of hydrazone groups is 1. The lowest BCUT2D eigenvalue weighted by atomic mass is 10.1. The van der Waals surface area contributed by atoms with Gasteiger partial charge in [-0.25, -0.2) is 5.43 Å². The van der Waals surface area contributed by atoms with E-state index in [1.54, 1.807) is 25.1 Å². The fourth-order valence-electron chi connectivity index (χ4n) is 2.17. The van der Waals surface area contributed by atoms with Crippen LogP contribution in [-0.2, 0) is 4.79 Å². The van der Waals surface area contributed by atoms with Crippen LogP contribution in [0.15, 0.2) is 47.6 Å². The van der Waals surface area contributed by atoms with Crippen molar-refractivity contribution in [2.75, 3.05) is 11.9 Å². The van der Waals surface area contributed by atoms with Gasteiger partial charge in [-0.2, -0.15) is 5.10 Å². The number of carbonyl (C=O) groups excluding carboxylic acids is 1. The number of aryl methyl sites for hydroxylation is 2. The van der Waals surface area contributed by atoms with Gasteiger partial charge in [0.15, 0.2) is 0 Å². The fraction of sp³-hybridized carbons (Fsp3) is 0.222. The van der Waals surface area contributed by atoms with Gasteiger partial charge in [0.25, 0.3) is 5.91 Å². The van der Waals surface area contributed by atoms with Crippen molar-refractivity contribution in [1.82, 2.24) is 5.43 Å². The molecule has 0 bridgehead atoms. The maximum Gasteiger partial charge on any atom is 0.259 e. The van der Waals surface area contributed by atoms with Gasteiger partial charge in [0.1, 0.15) is 5.75 Å². The molecule has 0 unspecified atom stereocenters. The van der Waals surface area contributed by atoms with Gasteiger partial charge in [0.2, 0.25) is 0 Å². The van der Waals surface area contributed by atoms with E-state index < -0.39 is 0 Å². The van der Waals surface area contributed by atoms with Crippen molar-refractivity contribution >= 4 is 17.3 Å². The molecule has 0 aliphatic heterocycles. The maximum atomic E-state index is 11.9. The Morgan fingerprint density at radius 2 is 1.96 bits per heavy atom. The van der Waals surface area contributed by atoms with Crippen molar-refractivity contribution in [3.8, 4) is 5.75 Å². The van der Waals surface area contributed by atoms with Crippen LogP contribution in [0.25, 0.3) is 0 Å². The Labute approximate surface area is 136 Å². The van der Waals surface area contributed by atoms with Crippen molar-refractivity contribution in [3.05, 3.63) is 59.2 Å². The largest absolute Gasteiger partial charge is 0.508 e. The molecule has 0 fully saturated rings. The third kappa shape index (κ3) is 4.85. The minimum atomic E-state index is -0.232. The summed E-state index contributed by atoms with van der Waals surface area (Å²) in [6.45, 7) is 5.94. The number of hydrogen-bond acceptors (Lipinski definition) is 4. The Hall–Kier alpha value is -2.82. The molecule has 2 rings (SSSR count). The first-order valence-corrected chi connectivity index (χ1v) is 7.39. The molecule has 0 aliphatic carbocycles. The van der Waals surface area contributed by atoms with Gasteiger partial charge in [-0.3, -0.25) is 4.79 Å². The van der Waals surface area contributed by atoms with Crippen molar-refractivity contribution < 1.29 is 9.90 Å². The number of hydrogen-bond donors (Lipinski definition) is 3. The number of phenols is 1. The first-order chi connectivity index (χ1) is 11.0. The van der Waals surface area contributed by atoms with E-state index in [1.165, 1.54) is 5.56 Å². The molecule has 2 aromatic carbocycles. The highest BCUT2D eigenvalue weighted by Gasteiger charge is 2.04. The summed E-state index contributed by atoms with van der Waals surface area (Å²) in [4.78, 5) is 11.9. The monoisotopic (exact) mass is 311 g/mol. The second-order valence-corrected chi connectivity index (χ2v) is 5.45. The van der Waals surface area contributed by atoms with Crippen LogP contribution in [0, 0.1) is 13.8 Å². The van der Waals surface area contributed by atoms with Crippen LogP contribution in [-0.4, -0.2) is 23.3 Å². The first kappa shape index (κ1) is 16.5. The minimum Gasteiger partial charge on any atom is -0.508 e. The molecular formula is C18H21N3O2. The van der Waals surface area contributed by atoms with E-state index in [0.29, 0.717) is 5.71 Å². The molecule has 23 heavy (non-hydrogen) atoms. The van der Waals surface area contributed by atoms with Crippen LogP contribution in [0.2, 0.25) is 0 Å². The Morgan fingerprint density at radius 3 is 2.65 bits per heavy atom. The van der Waals surface area contributed by atoms with Crippen molar-refractivity contribution in [2.24, 2.45) is 5.10 Å². The van der Waals surface area contributed by atoms with Gasteiger partial charge in [0, 0.05) is 11.3 Å². The highest BCUT2D eigenvalue weighted by atomic mass is 16.3. The number of phenolic OH excluding ortho intramolecular Hbond substituents is 1. The van der Waals surface area contributed by atoms with Gasteiger partial charge in [-0.1, -0.05) is 29.8 Å². The smallest absolute Gasteiger partial charge is 0.259 e. The van der Waals surface area contributed by atoms with E-state index in [2.05, 4.69) is 21.9 Å². The fourth-order valence-corrected chi connectivity index (χ4v) is 2.17. The lowest BCUT2D eigenvalue weighted by Crippen LogP contribution is -2.27. The predicted octanol–water partition coefficient (Wildman–Crippen LogP) is 2.96. The minimum absolute atomic E-state index is 0.140. The number of nitrogens with one attached hydrogen (secondary N) is 2. The topological polar surface area (TPSA) is 73.7 Å². The molecule has 1 amide bonds. The van der Waals surface area contributed by atoms with Crippen LogP contribution in [0.5, 0.6) is 5.75 Å². The summed E-state index contributed by atoms with van der Waals surface area (Å²) in [5, 5.41) is 16.6. The molecule has 120 valence electrons. The summed E-state index contributed by atoms with van der Waals surface area (Å²) in [5.74, 6) is -0.0654. The molecule has 0 saturated heterocycles. The van der Waals surface area contributed by atoms with E-state index in [4.69, 9.17) is 0 Å². The summed E-state index contributed by atoms with van der Waals surface area (Å²) < 4.78 is 0. The molecule has 0 radical (unpaired) electrons. The summed E-state index contributed by atoms with van der Waals surface area (Å²) in [6.07, 6.45) is 0. The third-order valence-corrected chi connectivity index (χ3v) is 3.43. The van der Waals surface area contributed by atoms with Crippen molar-refractivity contribution in [2.45, 2.75) is 20.8 Å². The quantitative estimate of drug-likeness (QED) is 0.587. The van der Waals surface area contributed by atoms with Gasteiger partial charge >= 0.3 is 0 Å². The summed E-state index contributed by atoms with van der Waals surface area (Å²) in [7, 11) is 0. The highest BCUT2D eigenvalue weighted by Crippen LogP contribution is 2.15. The van der Waals surface area contributed by atoms with Crippen molar-refractivity contribution in [1.29, 1.82) is 0 Å². The van der Waals surface area contributed by atoms with Crippen LogP contribution in [0.3, 0.4) is 0 Å². The lowest BCUT2D eigenvalue weighted by Gasteiger charge is -2.09. The predicted molar refractivity (Wildman–Crippen MR) is 92.9 cm³/mol. The van der Waals surface area contributed by atoms with Crippen LogP contribution in [0.4, 0.5) is 5.69 Å². The second kappa shape index (κ2) is 7.45. The zero-order chi connectivity index (χ0) is 16.8. The SMILES string of the molecule is C/C(=N/NC(=O)CNc1ccc(C)cc1C)c1cccc(O)c1. The van der Waals surface area contributed by atoms with Gasteiger partial charge in [-0.05, 0) is 44.5 Å². The van der Waals surface area contributed by atoms with Crippen LogP contribution < -0.4 is 10.7 Å². The Kier molecular flexibility index (Phi) is 5.36. The summed E-state index contributed by atoms with van der Waals surface area (Å²) in [5.41, 5.74) is 7.10. The number of rotatable bonds is 5. The highest BCUT2D eigenvalue weighted by molar-refractivity contribution is 5.99. The van der Waals surface area contributed by atoms with E-state index in [1.807, 2.05) is 32.0 Å². The standard InChI is InChI=1S/C18H21N3O2/c1-12-7-8-17(13(2)9-12)19-11-18(23)21-20-14(3)15-5-4-6-16(22)10-15/h4-10,19,22H,11H2,1-3H3,(H,21,23)/b20-14-. The lowest BCUT2D eigenvalue weighted by molar-refractivity contribution is -0.119. The molecule has 3 N–H and O–H groups in total. The molecule has 0 aliphatic rings. The summed E-state index contributed by atoms with van der Waals surface area (Å²) in [6, 6.07) is 12.7. The van der Waals surface area contributed by atoms with Gasteiger partial charge in [0.05, 0.1) is 12.3 Å². The molecular weight excluding hydrogens is 290 g/mol. The zero-order valence-electron chi connectivity index (χ0n) is 13.6. The number of carbonyl (C=O) groups is 1. The number of nitrogens with zero attached hydrogens (tertiary/aromatic N) is 1. The molecule has 0 atom stereocenters. The number of amides is 1.